The smallest absolute Gasteiger partial charge is 0.191 e. The van der Waals surface area contributed by atoms with E-state index in [9.17, 15) is 0 Å². The van der Waals surface area contributed by atoms with E-state index in [1.807, 2.05) is 37.3 Å². The van der Waals surface area contributed by atoms with Gasteiger partial charge >= 0.3 is 0 Å². The Bertz CT molecular complexity index is 714. The molecule has 0 fully saturated rings. The summed E-state index contributed by atoms with van der Waals surface area (Å²) >= 11 is 0. The van der Waals surface area contributed by atoms with E-state index < -0.39 is 0 Å². The van der Waals surface area contributed by atoms with E-state index in [0.29, 0.717) is 13.1 Å². The minimum atomic E-state index is 0.546. The zero-order chi connectivity index (χ0) is 18.1. The van der Waals surface area contributed by atoms with Gasteiger partial charge in [-0.1, -0.05) is 30.3 Å². The highest BCUT2D eigenvalue weighted by Gasteiger charge is 2.06. The normalized spacial score (nSPS) is 11.1. The molecule has 0 spiro atoms. The lowest BCUT2D eigenvalue weighted by molar-refractivity contribution is 0.408. The van der Waals surface area contributed by atoms with Crippen molar-refractivity contribution in [1.82, 2.24) is 10.6 Å². The van der Waals surface area contributed by atoms with Crippen LogP contribution in [0.2, 0.25) is 0 Å². The van der Waals surface area contributed by atoms with Gasteiger partial charge in [-0.25, -0.2) is 4.99 Å². The molecule has 0 saturated heterocycles. The summed E-state index contributed by atoms with van der Waals surface area (Å²) in [6, 6.07) is 14.1. The fraction of sp³-hybridized carbons (Fsp3) is 0.350. The summed E-state index contributed by atoms with van der Waals surface area (Å²) in [5.74, 6) is 2.49. The van der Waals surface area contributed by atoms with Crippen molar-refractivity contribution in [3.8, 4) is 11.5 Å². The van der Waals surface area contributed by atoms with Gasteiger partial charge in [-0.05, 0) is 31.5 Å². The summed E-state index contributed by atoms with van der Waals surface area (Å²) in [5.41, 5.74) is 3.32. The number of ether oxygens (including phenoxy) is 2. The first-order chi connectivity index (χ1) is 12.2. The van der Waals surface area contributed by atoms with Crippen molar-refractivity contribution < 1.29 is 9.47 Å². The molecule has 0 atom stereocenters. The molecule has 0 aliphatic heterocycles. The monoisotopic (exact) mass is 341 g/mol. The highest BCUT2D eigenvalue weighted by atomic mass is 16.5. The third-order valence-corrected chi connectivity index (χ3v) is 3.83. The Morgan fingerprint density at radius 3 is 2.44 bits per heavy atom. The van der Waals surface area contributed by atoms with Gasteiger partial charge in [0.2, 0.25) is 0 Å². The topological polar surface area (TPSA) is 54.9 Å². The van der Waals surface area contributed by atoms with E-state index in [1.165, 1.54) is 5.56 Å². The number of rotatable bonds is 7. The molecule has 2 rings (SSSR count). The number of guanidine groups is 1. The van der Waals surface area contributed by atoms with Crippen LogP contribution >= 0.6 is 0 Å². The summed E-state index contributed by atoms with van der Waals surface area (Å²) in [7, 11) is 3.37. The third-order valence-electron chi connectivity index (χ3n) is 3.83. The second-order valence-corrected chi connectivity index (χ2v) is 5.68. The average Bonchev–Trinajstić information content (AvgIpc) is 2.64. The highest BCUT2D eigenvalue weighted by molar-refractivity contribution is 5.79. The van der Waals surface area contributed by atoms with Crippen molar-refractivity contribution in [2.45, 2.75) is 26.9 Å². The number of methoxy groups -OCH3 is 2. The van der Waals surface area contributed by atoms with Crippen LogP contribution in [0, 0.1) is 6.92 Å². The van der Waals surface area contributed by atoms with E-state index in [2.05, 4.69) is 34.7 Å². The second-order valence-electron chi connectivity index (χ2n) is 5.68. The molecule has 0 aliphatic carbocycles. The quantitative estimate of drug-likeness (QED) is 0.599. The van der Waals surface area contributed by atoms with E-state index in [-0.39, 0.29) is 0 Å². The minimum absolute atomic E-state index is 0.546. The molecular formula is C20H27N3O2. The number of hydrogen-bond acceptors (Lipinski definition) is 3. The van der Waals surface area contributed by atoms with Crippen molar-refractivity contribution in [2.75, 3.05) is 20.8 Å². The molecule has 0 bridgehead atoms. The molecule has 2 N–H and O–H groups in total. The molecule has 0 unspecified atom stereocenters. The van der Waals surface area contributed by atoms with Gasteiger partial charge in [0.15, 0.2) is 5.96 Å². The SMILES string of the molecule is CCNC(=NCc1ccccc1OC)NCc1ccc(C)cc1OC. The van der Waals surface area contributed by atoms with Gasteiger partial charge in [0.25, 0.3) is 0 Å². The Morgan fingerprint density at radius 1 is 0.960 bits per heavy atom. The van der Waals surface area contributed by atoms with E-state index in [0.717, 1.165) is 35.1 Å². The fourth-order valence-electron chi connectivity index (χ4n) is 2.52. The first-order valence-electron chi connectivity index (χ1n) is 8.45. The zero-order valence-corrected chi connectivity index (χ0v) is 15.4. The Hall–Kier alpha value is -2.69. The fourth-order valence-corrected chi connectivity index (χ4v) is 2.52. The highest BCUT2D eigenvalue weighted by Crippen LogP contribution is 2.20. The molecule has 0 saturated carbocycles. The van der Waals surface area contributed by atoms with Gasteiger partial charge in [0, 0.05) is 24.2 Å². The number of aliphatic imine (C=N–C) groups is 1. The first kappa shape index (κ1) is 18.6. The molecule has 0 aromatic heterocycles. The number of benzene rings is 2. The summed E-state index contributed by atoms with van der Waals surface area (Å²) < 4.78 is 10.8. The Morgan fingerprint density at radius 2 is 1.72 bits per heavy atom. The van der Waals surface area contributed by atoms with Gasteiger partial charge < -0.3 is 20.1 Å². The largest absolute Gasteiger partial charge is 0.496 e. The maximum absolute atomic E-state index is 5.46. The lowest BCUT2D eigenvalue weighted by Crippen LogP contribution is -2.36. The Labute approximate surface area is 150 Å². The van der Waals surface area contributed by atoms with Gasteiger partial charge in [0.05, 0.1) is 20.8 Å². The first-order valence-corrected chi connectivity index (χ1v) is 8.45. The number of nitrogens with zero attached hydrogens (tertiary/aromatic N) is 1. The molecule has 0 heterocycles. The van der Waals surface area contributed by atoms with E-state index in [4.69, 9.17) is 9.47 Å². The predicted octanol–water partition coefficient (Wildman–Crippen LogP) is 3.27. The maximum Gasteiger partial charge on any atom is 0.191 e. The van der Waals surface area contributed by atoms with Gasteiger partial charge in [0.1, 0.15) is 11.5 Å². The van der Waals surface area contributed by atoms with Crippen LogP contribution in [-0.2, 0) is 13.1 Å². The molecule has 134 valence electrons. The summed E-state index contributed by atoms with van der Waals surface area (Å²) in [6.45, 7) is 6.08. The van der Waals surface area contributed by atoms with E-state index >= 15 is 0 Å². The van der Waals surface area contributed by atoms with Crippen LogP contribution in [0.1, 0.15) is 23.6 Å². The van der Waals surface area contributed by atoms with Gasteiger partial charge in [-0.2, -0.15) is 0 Å². The van der Waals surface area contributed by atoms with Crippen LogP contribution < -0.4 is 20.1 Å². The maximum atomic E-state index is 5.46. The molecule has 25 heavy (non-hydrogen) atoms. The Kier molecular flexibility index (Phi) is 7.14. The van der Waals surface area contributed by atoms with Gasteiger partial charge in [-0.15, -0.1) is 0 Å². The standard InChI is InChI=1S/C20H27N3O2/c1-5-21-20(22-13-16-8-6-7-9-18(16)24-3)23-14-17-11-10-15(2)12-19(17)25-4/h6-12H,5,13-14H2,1-4H3,(H2,21,22,23). The zero-order valence-electron chi connectivity index (χ0n) is 15.4. The predicted molar refractivity (Wildman–Crippen MR) is 102 cm³/mol. The Balaban J connectivity index is 2.08. The second kappa shape index (κ2) is 9.57. The van der Waals surface area contributed by atoms with Crippen LogP contribution in [-0.4, -0.2) is 26.7 Å². The molecule has 2 aromatic carbocycles. The van der Waals surface area contributed by atoms with Crippen molar-refractivity contribution in [3.63, 3.8) is 0 Å². The molecule has 0 radical (unpaired) electrons. The number of hydrogen-bond donors (Lipinski definition) is 2. The van der Waals surface area contributed by atoms with Crippen molar-refractivity contribution in [1.29, 1.82) is 0 Å². The van der Waals surface area contributed by atoms with Crippen molar-refractivity contribution >= 4 is 5.96 Å². The van der Waals surface area contributed by atoms with Crippen molar-refractivity contribution in [2.24, 2.45) is 4.99 Å². The summed E-state index contributed by atoms with van der Waals surface area (Å²) in [4.78, 5) is 4.65. The summed E-state index contributed by atoms with van der Waals surface area (Å²) in [6.07, 6.45) is 0. The van der Waals surface area contributed by atoms with Crippen LogP contribution in [0.15, 0.2) is 47.5 Å². The van der Waals surface area contributed by atoms with E-state index in [1.54, 1.807) is 14.2 Å². The molecule has 0 amide bonds. The molecular weight excluding hydrogens is 314 g/mol. The average molecular weight is 341 g/mol. The summed E-state index contributed by atoms with van der Waals surface area (Å²) in [5, 5.41) is 6.62. The van der Waals surface area contributed by atoms with Crippen LogP contribution in [0.4, 0.5) is 0 Å². The molecule has 2 aromatic rings. The molecule has 5 nitrogen and oxygen atoms in total. The molecule has 5 heteroatoms. The number of para-hydroxylation sites is 1. The van der Waals surface area contributed by atoms with Crippen LogP contribution in [0.25, 0.3) is 0 Å². The number of nitrogens with one attached hydrogen (secondary N) is 2. The minimum Gasteiger partial charge on any atom is -0.496 e. The van der Waals surface area contributed by atoms with Gasteiger partial charge in [-0.3, -0.25) is 0 Å². The van der Waals surface area contributed by atoms with Crippen LogP contribution in [0.5, 0.6) is 11.5 Å². The number of aryl methyl sites for hydroxylation is 1. The van der Waals surface area contributed by atoms with Crippen molar-refractivity contribution in [3.05, 3.63) is 59.2 Å². The lowest BCUT2D eigenvalue weighted by Gasteiger charge is -2.14. The van der Waals surface area contributed by atoms with Crippen LogP contribution in [0.3, 0.4) is 0 Å². The third kappa shape index (κ3) is 5.41. The lowest BCUT2D eigenvalue weighted by atomic mass is 10.1. The molecule has 0 aliphatic rings.